The molecule has 2 heterocycles. The molecule has 0 aliphatic carbocycles. The number of nitrogens with one attached hydrogen (secondary N) is 1. The number of rotatable bonds is 5. The number of amides is 2. The van der Waals surface area contributed by atoms with Crippen LogP contribution in [0.5, 0.6) is 5.75 Å². The molecule has 3 rings (SSSR count). The summed E-state index contributed by atoms with van der Waals surface area (Å²) in [4.78, 5) is 30.3. The van der Waals surface area contributed by atoms with E-state index in [0.717, 1.165) is 23.7 Å². The highest BCUT2D eigenvalue weighted by Crippen LogP contribution is 2.33. The Morgan fingerprint density at radius 1 is 1.44 bits per heavy atom. The van der Waals surface area contributed by atoms with Gasteiger partial charge in [0.1, 0.15) is 5.75 Å². The summed E-state index contributed by atoms with van der Waals surface area (Å²) >= 11 is 2.69. The topological polar surface area (TPSA) is 84.4 Å². The maximum Gasteiger partial charge on any atom is 0.269 e. The highest BCUT2D eigenvalue weighted by molar-refractivity contribution is 7.99. The Balaban J connectivity index is 1.70. The Kier molecular flexibility index (Phi) is 5.54. The number of ether oxygens (including phenoxy) is 1. The van der Waals surface area contributed by atoms with Crippen LogP contribution in [0.15, 0.2) is 29.4 Å². The fraction of sp³-hybridized carbons (Fsp3) is 0.375. The van der Waals surface area contributed by atoms with Crippen LogP contribution in [-0.2, 0) is 9.59 Å². The predicted octanol–water partition coefficient (Wildman–Crippen LogP) is 2.79. The van der Waals surface area contributed by atoms with E-state index >= 15 is 0 Å². The van der Waals surface area contributed by atoms with E-state index in [-0.39, 0.29) is 18.4 Å². The molecular weight excluding hydrogens is 360 g/mol. The molecule has 1 N–H and O–H groups in total. The van der Waals surface area contributed by atoms with Crippen LogP contribution in [0.25, 0.3) is 0 Å². The summed E-state index contributed by atoms with van der Waals surface area (Å²) in [5.41, 5.74) is 0.674. The van der Waals surface area contributed by atoms with Gasteiger partial charge in [0.2, 0.25) is 16.2 Å². The summed E-state index contributed by atoms with van der Waals surface area (Å²) in [6.07, 6.45) is 0.233. The quantitative estimate of drug-likeness (QED) is 0.806. The minimum Gasteiger partial charge on any atom is -0.476 e. The van der Waals surface area contributed by atoms with Gasteiger partial charge < -0.3 is 9.64 Å². The molecule has 2 amide bonds. The van der Waals surface area contributed by atoms with Crippen molar-refractivity contribution in [1.29, 1.82) is 0 Å². The van der Waals surface area contributed by atoms with Gasteiger partial charge in [0.15, 0.2) is 6.10 Å². The second-order valence-corrected chi connectivity index (χ2v) is 7.24. The molecule has 7 nitrogen and oxygen atoms in total. The molecule has 1 aliphatic heterocycles. The SMILES string of the molecule is CCCSc1nsc(NC(=O)[C@H]2CN(C(C)=O)c3ccccc3O2)n1. The number of nitrogens with zero attached hydrogens (tertiary/aromatic N) is 3. The van der Waals surface area contributed by atoms with E-state index in [1.165, 1.54) is 6.92 Å². The third kappa shape index (κ3) is 4.10. The number of aromatic nitrogens is 2. The van der Waals surface area contributed by atoms with Crippen molar-refractivity contribution in [2.75, 3.05) is 22.5 Å². The maximum absolute atomic E-state index is 12.5. The zero-order chi connectivity index (χ0) is 17.8. The van der Waals surface area contributed by atoms with Gasteiger partial charge in [-0.25, -0.2) is 0 Å². The van der Waals surface area contributed by atoms with E-state index in [9.17, 15) is 9.59 Å². The molecule has 1 aromatic heterocycles. The third-order valence-electron chi connectivity index (χ3n) is 3.52. The Hall–Kier alpha value is -2.13. The summed E-state index contributed by atoms with van der Waals surface area (Å²) in [7, 11) is 0. The summed E-state index contributed by atoms with van der Waals surface area (Å²) in [6, 6.07) is 7.18. The number of carbonyl (C=O) groups is 2. The van der Waals surface area contributed by atoms with Gasteiger partial charge in [-0.05, 0) is 18.6 Å². The number of hydrogen-bond donors (Lipinski definition) is 1. The van der Waals surface area contributed by atoms with Crippen molar-refractivity contribution in [3.63, 3.8) is 0 Å². The molecular formula is C16H18N4O3S2. The van der Waals surface area contributed by atoms with Gasteiger partial charge in [-0.15, -0.1) is 0 Å². The van der Waals surface area contributed by atoms with E-state index < -0.39 is 6.10 Å². The van der Waals surface area contributed by atoms with Crippen LogP contribution in [0.2, 0.25) is 0 Å². The second kappa shape index (κ2) is 7.83. The number of carbonyl (C=O) groups excluding carboxylic acids is 2. The predicted molar refractivity (Wildman–Crippen MR) is 98.4 cm³/mol. The van der Waals surface area contributed by atoms with Crippen LogP contribution in [0.4, 0.5) is 10.8 Å². The van der Waals surface area contributed by atoms with Gasteiger partial charge in [0, 0.05) is 24.2 Å². The summed E-state index contributed by atoms with van der Waals surface area (Å²) < 4.78 is 9.97. The van der Waals surface area contributed by atoms with Crippen LogP contribution in [0, 0.1) is 0 Å². The molecule has 9 heteroatoms. The lowest BCUT2D eigenvalue weighted by atomic mass is 10.2. The molecule has 0 spiro atoms. The number of anilines is 2. The highest BCUT2D eigenvalue weighted by atomic mass is 32.2. The Morgan fingerprint density at radius 3 is 3.00 bits per heavy atom. The summed E-state index contributed by atoms with van der Waals surface area (Å²) in [6.45, 7) is 3.72. The first-order valence-corrected chi connectivity index (χ1v) is 9.65. The number of para-hydroxylation sites is 2. The van der Waals surface area contributed by atoms with Gasteiger partial charge >= 0.3 is 0 Å². The number of fused-ring (bicyclic) bond motifs is 1. The van der Waals surface area contributed by atoms with Crippen LogP contribution in [0.1, 0.15) is 20.3 Å². The van der Waals surface area contributed by atoms with Crippen molar-refractivity contribution < 1.29 is 14.3 Å². The van der Waals surface area contributed by atoms with Crippen LogP contribution in [0.3, 0.4) is 0 Å². The van der Waals surface area contributed by atoms with Gasteiger partial charge in [0.25, 0.3) is 5.91 Å². The number of thioether (sulfide) groups is 1. The average molecular weight is 378 g/mol. The number of benzene rings is 1. The smallest absolute Gasteiger partial charge is 0.269 e. The van der Waals surface area contributed by atoms with Crippen molar-refractivity contribution in [3.05, 3.63) is 24.3 Å². The monoisotopic (exact) mass is 378 g/mol. The lowest BCUT2D eigenvalue weighted by Crippen LogP contribution is -2.48. The lowest BCUT2D eigenvalue weighted by Gasteiger charge is -2.33. The van der Waals surface area contributed by atoms with Crippen LogP contribution >= 0.6 is 23.3 Å². The van der Waals surface area contributed by atoms with Gasteiger partial charge in [-0.3, -0.25) is 14.9 Å². The molecule has 1 aromatic carbocycles. The van der Waals surface area contributed by atoms with Crippen LogP contribution < -0.4 is 15.0 Å². The summed E-state index contributed by atoms with van der Waals surface area (Å²) in [5, 5.41) is 3.81. The zero-order valence-electron chi connectivity index (χ0n) is 13.9. The minimum atomic E-state index is -0.797. The van der Waals surface area contributed by atoms with E-state index in [2.05, 4.69) is 21.6 Å². The maximum atomic E-state index is 12.5. The third-order valence-corrected chi connectivity index (χ3v) is 5.32. The molecule has 0 unspecified atom stereocenters. The Morgan fingerprint density at radius 2 is 2.24 bits per heavy atom. The fourth-order valence-electron chi connectivity index (χ4n) is 2.37. The molecule has 0 bridgehead atoms. The molecule has 25 heavy (non-hydrogen) atoms. The second-order valence-electron chi connectivity index (χ2n) is 5.42. The molecule has 0 saturated carbocycles. The number of hydrogen-bond acceptors (Lipinski definition) is 7. The minimum absolute atomic E-state index is 0.136. The molecule has 132 valence electrons. The normalized spacial score (nSPS) is 16.1. The summed E-state index contributed by atoms with van der Waals surface area (Å²) in [5.74, 6) is 0.965. The fourth-order valence-corrected chi connectivity index (χ4v) is 3.77. The largest absolute Gasteiger partial charge is 0.476 e. The molecule has 1 atom stereocenters. The van der Waals surface area contributed by atoms with Crippen molar-refractivity contribution >= 4 is 45.9 Å². The van der Waals surface area contributed by atoms with Crippen molar-refractivity contribution in [3.8, 4) is 5.75 Å². The highest BCUT2D eigenvalue weighted by Gasteiger charge is 2.32. The molecule has 0 fully saturated rings. The van der Waals surface area contributed by atoms with Gasteiger partial charge in [0.05, 0.1) is 12.2 Å². The standard InChI is InChI=1S/C16H18N4O3S2/c1-3-8-24-16-18-15(25-19-16)17-14(22)13-9-20(10(2)21)11-6-4-5-7-12(11)23-13/h4-7,13H,3,8-9H2,1-2H3,(H,17,18,19,22)/t13-/m1/s1. The van der Waals surface area contributed by atoms with E-state index in [1.54, 1.807) is 34.9 Å². The molecule has 2 aromatic rings. The first-order valence-electron chi connectivity index (χ1n) is 7.89. The Labute approximate surface area is 153 Å². The van der Waals surface area contributed by atoms with Crippen molar-refractivity contribution in [2.24, 2.45) is 0 Å². The van der Waals surface area contributed by atoms with E-state index in [1.807, 2.05) is 6.07 Å². The first kappa shape index (κ1) is 17.7. The average Bonchev–Trinajstić information content (AvgIpc) is 3.06. The molecule has 1 aliphatic rings. The zero-order valence-corrected chi connectivity index (χ0v) is 15.5. The van der Waals surface area contributed by atoms with Gasteiger partial charge in [-0.2, -0.15) is 9.36 Å². The van der Waals surface area contributed by atoms with E-state index in [4.69, 9.17) is 4.74 Å². The van der Waals surface area contributed by atoms with Gasteiger partial charge in [-0.1, -0.05) is 30.8 Å². The van der Waals surface area contributed by atoms with Crippen molar-refractivity contribution in [2.45, 2.75) is 31.5 Å². The first-order chi connectivity index (χ1) is 12.1. The van der Waals surface area contributed by atoms with E-state index in [0.29, 0.717) is 21.7 Å². The molecule has 0 saturated heterocycles. The lowest BCUT2D eigenvalue weighted by molar-refractivity contribution is -0.123. The Bertz CT molecular complexity index is 780. The van der Waals surface area contributed by atoms with Crippen molar-refractivity contribution in [1.82, 2.24) is 9.36 Å². The van der Waals surface area contributed by atoms with Crippen LogP contribution in [-0.4, -0.2) is 39.6 Å². The molecule has 0 radical (unpaired) electrons.